The van der Waals surface area contributed by atoms with Crippen molar-refractivity contribution in [2.75, 3.05) is 5.73 Å². The first-order valence-corrected chi connectivity index (χ1v) is 6.87. The molecule has 3 N–H and O–H groups in total. The number of nitrogens with two attached hydrogens (primary N) is 1. The summed E-state index contributed by atoms with van der Waals surface area (Å²) in [5.74, 6) is -0.752. The van der Waals surface area contributed by atoms with Gasteiger partial charge in [0.15, 0.2) is 0 Å². The molecule has 0 bridgehead atoms. The highest BCUT2D eigenvalue weighted by Crippen LogP contribution is 2.13. The molecule has 2 rings (SSSR count). The maximum Gasteiger partial charge on any atom is 0.251 e. The topological polar surface area (TPSA) is 55.1 Å². The first-order chi connectivity index (χ1) is 9.06. The molecule has 3 nitrogen and oxygen atoms in total. The summed E-state index contributed by atoms with van der Waals surface area (Å²) in [5.41, 5.74) is 6.99. The molecule has 5 heteroatoms. The standard InChI is InChI=1S/C14H15FN2OS/c1-9(6-10-4-5-19-8-10)17-14(18)11-2-3-12(15)13(16)7-11/h2-5,7-9H,6,16H2,1H3,(H,17,18). The molecule has 0 saturated heterocycles. The van der Waals surface area contributed by atoms with Gasteiger partial charge < -0.3 is 11.1 Å². The van der Waals surface area contributed by atoms with E-state index in [1.807, 2.05) is 18.4 Å². The van der Waals surface area contributed by atoms with Gasteiger partial charge in [-0.15, -0.1) is 0 Å². The van der Waals surface area contributed by atoms with E-state index >= 15 is 0 Å². The molecule has 100 valence electrons. The van der Waals surface area contributed by atoms with Crippen LogP contribution in [0.1, 0.15) is 22.8 Å². The summed E-state index contributed by atoms with van der Waals surface area (Å²) in [5, 5.41) is 6.93. The van der Waals surface area contributed by atoms with Gasteiger partial charge in [-0.25, -0.2) is 4.39 Å². The molecule has 1 aromatic carbocycles. The number of carbonyl (C=O) groups excluding carboxylic acids is 1. The normalized spacial score (nSPS) is 12.1. The lowest BCUT2D eigenvalue weighted by molar-refractivity contribution is 0.0940. The molecule has 0 aliphatic heterocycles. The van der Waals surface area contributed by atoms with Crippen molar-refractivity contribution in [3.05, 3.63) is 52.0 Å². The molecule has 1 aromatic heterocycles. The van der Waals surface area contributed by atoms with Gasteiger partial charge in [0.1, 0.15) is 5.82 Å². The zero-order valence-electron chi connectivity index (χ0n) is 10.5. The molecular formula is C14H15FN2OS. The highest BCUT2D eigenvalue weighted by Gasteiger charge is 2.12. The number of halogens is 1. The Morgan fingerprint density at radius 3 is 2.89 bits per heavy atom. The van der Waals surface area contributed by atoms with Gasteiger partial charge in [0.05, 0.1) is 5.69 Å². The lowest BCUT2D eigenvalue weighted by Crippen LogP contribution is -2.34. The van der Waals surface area contributed by atoms with E-state index in [0.717, 1.165) is 6.42 Å². The van der Waals surface area contributed by atoms with Crippen molar-refractivity contribution >= 4 is 22.9 Å². The van der Waals surface area contributed by atoms with Gasteiger partial charge in [-0.1, -0.05) is 0 Å². The fraction of sp³-hybridized carbons (Fsp3) is 0.214. The van der Waals surface area contributed by atoms with Crippen molar-refractivity contribution in [2.24, 2.45) is 0 Å². The van der Waals surface area contributed by atoms with Crippen LogP contribution >= 0.6 is 11.3 Å². The Hall–Kier alpha value is -1.88. The Balaban J connectivity index is 1.98. The summed E-state index contributed by atoms with van der Waals surface area (Å²) in [6.45, 7) is 1.93. The lowest BCUT2D eigenvalue weighted by atomic mass is 10.1. The number of hydrogen-bond donors (Lipinski definition) is 2. The molecule has 1 heterocycles. The molecule has 2 aromatic rings. The first-order valence-electron chi connectivity index (χ1n) is 5.93. The van der Waals surface area contributed by atoms with Crippen LogP contribution in [-0.2, 0) is 6.42 Å². The number of amides is 1. The second-order valence-corrected chi connectivity index (χ2v) is 5.23. The largest absolute Gasteiger partial charge is 0.396 e. The molecule has 0 fully saturated rings. The van der Waals surface area contributed by atoms with Crippen LogP contribution in [0.4, 0.5) is 10.1 Å². The van der Waals surface area contributed by atoms with E-state index in [2.05, 4.69) is 10.7 Å². The van der Waals surface area contributed by atoms with Gasteiger partial charge in [-0.2, -0.15) is 11.3 Å². The van der Waals surface area contributed by atoms with Crippen molar-refractivity contribution in [3.8, 4) is 0 Å². The van der Waals surface area contributed by atoms with Gasteiger partial charge in [0.2, 0.25) is 0 Å². The maximum atomic E-state index is 13.0. The Bertz CT molecular complexity index is 569. The van der Waals surface area contributed by atoms with Gasteiger partial charge in [0.25, 0.3) is 5.91 Å². The average Bonchev–Trinajstić information content (AvgIpc) is 2.85. The van der Waals surface area contributed by atoms with E-state index in [1.165, 1.54) is 23.8 Å². The smallest absolute Gasteiger partial charge is 0.251 e. The van der Waals surface area contributed by atoms with Gasteiger partial charge in [-0.05, 0) is 53.9 Å². The van der Waals surface area contributed by atoms with E-state index in [0.29, 0.717) is 5.56 Å². The Labute approximate surface area is 115 Å². The minimum absolute atomic E-state index is 0.00776. The van der Waals surface area contributed by atoms with Crippen LogP contribution in [0.3, 0.4) is 0 Å². The van der Waals surface area contributed by atoms with E-state index < -0.39 is 5.82 Å². The quantitative estimate of drug-likeness (QED) is 0.845. The van der Waals surface area contributed by atoms with E-state index in [1.54, 1.807) is 11.3 Å². The van der Waals surface area contributed by atoms with Crippen molar-refractivity contribution in [2.45, 2.75) is 19.4 Å². The molecule has 0 aliphatic rings. The molecule has 19 heavy (non-hydrogen) atoms. The zero-order chi connectivity index (χ0) is 13.8. The molecule has 0 saturated carbocycles. The SMILES string of the molecule is CC(Cc1ccsc1)NC(=O)c1ccc(F)c(N)c1. The van der Waals surface area contributed by atoms with Crippen LogP contribution < -0.4 is 11.1 Å². The predicted molar refractivity (Wildman–Crippen MR) is 75.8 cm³/mol. The van der Waals surface area contributed by atoms with Crippen LogP contribution in [0.5, 0.6) is 0 Å². The number of anilines is 1. The summed E-state index contributed by atoms with van der Waals surface area (Å²) in [6, 6.07) is 6.02. The number of thiophene rings is 1. The minimum Gasteiger partial charge on any atom is -0.396 e. The maximum absolute atomic E-state index is 13.0. The van der Waals surface area contributed by atoms with Crippen LogP contribution in [0.2, 0.25) is 0 Å². The molecule has 0 radical (unpaired) electrons. The molecule has 0 aliphatic carbocycles. The summed E-state index contributed by atoms with van der Waals surface area (Å²) in [4.78, 5) is 12.0. The molecular weight excluding hydrogens is 263 g/mol. The predicted octanol–water partition coefficient (Wildman–Crippen LogP) is 2.83. The highest BCUT2D eigenvalue weighted by molar-refractivity contribution is 7.07. The number of carbonyl (C=O) groups is 1. The minimum atomic E-state index is -0.511. The Morgan fingerprint density at radius 1 is 1.47 bits per heavy atom. The number of rotatable bonds is 4. The van der Waals surface area contributed by atoms with E-state index in [9.17, 15) is 9.18 Å². The summed E-state index contributed by atoms with van der Waals surface area (Å²) < 4.78 is 13.0. The zero-order valence-corrected chi connectivity index (χ0v) is 11.3. The van der Waals surface area contributed by atoms with Gasteiger partial charge >= 0.3 is 0 Å². The van der Waals surface area contributed by atoms with Crippen LogP contribution in [-0.4, -0.2) is 11.9 Å². The number of nitrogens with one attached hydrogen (secondary N) is 1. The fourth-order valence-corrected chi connectivity index (χ4v) is 2.49. The Morgan fingerprint density at radius 2 is 2.26 bits per heavy atom. The number of benzene rings is 1. The molecule has 1 unspecified atom stereocenters. The summed E-state index contributed by atoms with van der Waals surface area (Å²) in [7, 11) is 0. The number of nitrogen functional groups attached to an aromatic ring is 1. The third kappa shape index (κ3) is 3.54. The van der Waals surface area contributed by atoms with Crippen molar-refractivity contribution in [1.29, 1.82) is 0 Å². The first kappa shape index (κ1) is 13.5. The third-order valence-corrected chi connectivity index (χ3v) is 3.49. The monoisotopic (exact) mass is 278 g/mol. The fourth-order valence-electron chi connectivity index (χ4n) is 1.81. The average molecular weight is 278 g/mol. The third-order valence-electron chi connectivity index (χ3n) is 2.76. The van der Waals surface area contributed by atoms with Crippen LogP contribution in [0, 0.1) is 5.82 Å². The van der Waals surface area contributed by atoms with Gasteiger partial charge in [0, 0.05) is 11.6 Å². The Kier molecular flexibility index (Phi) is 4.16. The number of hydrogen-bond acceptors (Lipinski definition) is 3. The van der Waals surface area contributed by atoms with Crippen molar-refractivity contribution < 1.29 is 9.18 Å². The van der Waals surface area contributed by atoms with Crippen molar-refractivity contribution in [3.63, 3.8) is 0 Å². The summed E-state index contributed by atoms with van der Waals surface area (Å²) in [6.07, 6.45) is 0.770. The lowest BCUT2D eigenvalue weighted by Gasteiger charge is -2.13. The molecule has 1 amide bonds. The second-order valence-electron chi connectivity index (χ2n) is 4.45. The second kappa shape index (κ2) is 5.84. The van der Waals surface area contributed by atoms with E-state index in [-0.39, 0.29) is 17.6 Å². The summed E-state index contributed by atoms with van der Waals surface area (Å²) >= 11 is 1.63. The van der Waals surface area contributed by atoms with Crippen LogP contribution in [0.15, 0.2) is 35.0 Å². The van der Waals surface area contributed by atoms with Crippen molar-refractivity contribution in [1.82, 2.24) is 5.32 Å². The van der Waals surface area contributed by atoms with E-state index in [4.69, 9.17) is 5.73 Å². The highest BCUT2D eigenvalue weighted by atomic mass is 32.1. The molecule has 0 spiro atoms. The molecule has 1 atom stereocenters. The van der Waals surface area contributed by atoms with Crippen LogP contribution in [0.25, 0.3) is 0 Å². The van der Waals surface area contributed by atoms with Gasteiger partial charge in [-0.3, -0.25) is 4.79 Å².